The van der Waals surface area contributed by atoms with Crippen molar-refractivity contribution >= 4 is 27.3 Å². The number of anilines is 1. The molecule has 2 rings (SSSR count). The number of halogens is 1. The summed E-state index contributed by atoms with van der Waals surface area (Å²) in [5.41, 5.74) is 1.66. The van der Waals surface area contributed by atoms with E-state index < -0.39 is 0 Å². The number of nitrogens with one attached hydrogen (secondary N) is 1. The molecule has 0 aliphatic carbocycles. The summed E-state index contributed by atoms with van der Waals surface area (Å²) in [6.07, 6.45) is 2.12. The Morgan fingerprint density at radius 2 is 2.00 bits per heavy atom. The van der Waals surface area contributed by atoms with Crippen LogP contribution in [0.1, 0.15) is 32.3 Å². The van der Waals surface area contributed by atoms with Gasteiger partial charge in [-0.25, -0.2) is 0 Å². The van der Waals surface area contributed by atoms with Crippen molar-refractivity contribution in [3.8, 4) is 0 Å². The van der Waals surface area contributed by atoms with Gasteiger partial charge in [0.1, 0.15) is 0 Å². The summed E-state index contributed by atoms with van der Waals surface area (Å²) < 4.78 is 0.886. The number of aryl methyl sites for hydroxylation is 1. The van der Waals surface area contributed by atoms with Gasteiger partial charge in [-0.3, -0.25) is 10.1 Å². The molecule has 1 aromatic rings. The Balaban J connectivity index is 2.07. The Hall–Kier alpha value is -1.14. The summed E-state index contributed by atoms with van der Waals surface area (Å²) in [4.78, 5) is 13.2. The number of benzene rings is 1. The van der Waals surface area contributed by atoms with Crippen LogP contribution in [0.3, 0.4) is 0 Å². The molecule has 0 spiro atoms. The zero-order valence-electron chi connectivity index (χ0n) is 12.7. The van der Waals surface area contributed by atoms with E-state index >= 15 is 0 Å². The minimum atomic E-state index is -0.325. The number of nitro benzene ring substituents is 1. The van der Waals surface area contributed by atoms with Crippen LogP contribution in [0.15, 0.2) is 16.6 Å². The van der Waals surface area contributed by atoms with Crippen LogP contribution in [-0.4, -0.2) is 35.0 Å². The molecule has 1 aliphatic rings. The van der Waals surface area contributed by atoms with Crippen LogP contribution in [0.2, 0.25) is 0 Å². The number of nitrogens with zero attached hydrogens (tertiary/aromatic N) is 2. The number of nitro groups is 1. The van der Waals surface area contributed by atoms with Gasteiger partial charge in [0, 0.05) is 41.3 Å². The summed E-state index contributed by atoms with van der Waals surface area (Å²) in [5.74, 6) is 0. The molecule has 1 aromatic carbocycles. The number of piperidine rings is 1. The predicted octanol–water partition coefficient (Wildman–Crippen LogP) is 3.95. The van der Waals surface area contributed by atoms with E-state index in [4.69, 9.17) is 0 Å². The smallest absolute Gasteiger partial charge is 0.274 e. The molecule has 0 bridgehead atoms. The van der Waals surface area contributed by atoms with Crippen molar-refractivity contribution in [2.75, 3.05) is 18.4 Å². The number of rotatable bonds is 4. The number of likely N-dealkylation sites (tertiary alicyclic amines) is 1. The topological polar surface area (TPSA) is 58.4 Å². The molecule has 1 heterocycles. The summed E-state index contributed by atoms with van der Waals surface area (Å²) >= 11 is 3.50. The molecule has 1 N–H and O–H groups in total. The van der Waals surface area contributed by atoms with E-state index in [9.17, 15) is 10.1 Å². The molecule has 6 heteroatoms. The molecule has 1 aliphatic heterocycles. The third-order valence-electron chi connectivity index (χ3n) is 4.10. The molecule has 1 fully saturated rings. The van der Waals surface area contributed by atoms with Gasteiger partial charge in [0.25, 0.3) is 5.69 Å². The van der Waals surface area contributed by atoms with E-state index in [1.54, 1.807) is 13.0 Å². The SMILES string of the molecule is Cc1cc(Br)c(NC2CCN(C(C)C)CC2)cc1[N+](=O)[O-]. The number of hydrogen-bond acceptors (Lipinski definition) is 4. The first-order chi connectivity index (χ1) is 9.88. The third-order valence-corrected chi connectivity index (χ3v) is 4.76. The van der Waals surface area contributed by atoms with Crippen LogP contribution in [0.4, 0.5) is 11.4 Å². The lowest BCUT2D eigenvalue weighted by atomic mass is 10.0. The van der Waals surface area contributed by atoms with Crippen LogP contribution < -0.4 is 5.32 Å². The zero-order valence-corrected chi connectivity index (χ0v) is 14.3. The average molecular weight is 356 g/mol. The molecule has 0 saturated carbocycles. The van der Waals surface area contributed by atoms with E-state index in [1.807, 2.05) is 6.07 Å². The molecule has 0 unspecified atom stereocenters. The number of hydrogen-bond donors (Lipinski definition) is 1. The van der Waals surface area contributed by atoms with E-state index in [1.165, 1.54) is 0 Å². The van der Waals surface area contributed by atoms with Crippen molar-refractivity contribution in [1.82, 2.24) is 4.90 Å². The van der Waals surface area contributed by atoms with Crippen molar-refractivity contribution in [2.24, 2.45) is 0 Å². The quantitative estimate of drug-likeness (QED) is 0.656. The molecule has 0 aromatic heterocycles. The molecule has 21 heavy (non-hydrogen) atoms. The minimum Gasteiger partial charge on any atom is -0.381 e. The Kier molecular flexibility index (Phi) is 5.22. The maximum atomic E-state index is 11.1. The van der Waals surface area contributed by atoms with Gasteiger partial charge in [-0.1, -0.05) is 0 Å². The molecular weight excluding hydrogens is 334 g/mol. The zero-order chi connectivity index (χ0) is 15.6. The van der Waals surface area contributed by atoms with Crippen molar-refractivity contribution in [1.29, 1.82) is 0 Å². The average Bonchev–Trinajstić information content (AvgIpc) is 2.42. The third kappa shape index (κ3) is 3.95. The first-order valence-corrected chi connectivity index (χ1v) is 8.13. The van der Waals surface area contributed by atoms with Crippen LogP contribution in [-0.2, 0) is 0 Å². The lowest BCUT2D eigenvalue weighted by Crippen LogP contribution is -2.42. The first kappa shape index (κ1) is 16.2. The van der Waals surface area contributed by atoms with Crippen LogP contribution in [0.25, 0.3) is 0 Å². The van der Waals surface area contributed by atoms with Crippen LogP contribution in [0, 0.1) is 17.0 Å². The van der Waals surface area contributed by atoms with Gasteiger partial charge < -0.3 is 10.2 Å². The Labute approximate surface area is 134 Å². The molecule has 116 valence electrons. The molecular formula is C15H22BrN3O2. The monoisotopic (exact) mass is 355 g/mol. The maximum Gasteiger partial charge on any atom is 0.274 e. The first-order valence-electron chi connectivity index (χ1n) is 7.33. The van der Waals surface area contributed by atoms with Crippen molar-refractivity contribution in [2.45, 2.75) is 45.7 Å². The Morgan fingerprint density at radius 1 is 1.38 bits per heavy atom. The molecule has 0 radical (unpaired) electrons. The molecule has 1 saturated heterocycles. The van der Waals surface area contributed by atoms with Crippen LogP contribution >= 0.6 is 15.9 Å². The van der Waals surface area contributed by atoms with Gasteiger partial charge in [0.05, 0.1) is 10.6 Å². The second-order valence-electron chi connectivity index (χ2n) is 5.92. The standard InChI is InChI=1S/C15H22BrN3O2/c1-10(2)18-6-4-12(5-7-18)17-14-9-15(19(20)21)11(3)8-13(14)16/h8-10,12,17H,4-7H2,1-3H3. The Morgan fingerprint density at radius 3 is 2.52 bits per heavy atom. The second-order valence-corrected chi connectivity index (χ2v) is 6.78. The lowest BCUT2D eigenvalue weighted by molar-refractivity contribution is -0.385. The van der Waals surface area contributed by atoms with E-state index in [0.717, 1.165) is 36.1 Å². The van der Waals surface area contributed by atoms with E-state index in [2.05, 4.69) is 40.0 Å². The molecule has 0 atom stereocenters. The summed E-state index contributed by atoms with van der Waals surface area (Å²) in [6.45, 7) is 8.33. The van der Waals surface area contributed by atoms with Crippen molar-refractivity contribution in [3.05, 3.63) is 32.3 Å². The van der Waals surface area contributed by atoms with E-state index in [-0.39, 0.29) is 10.6 Å². The van der Waals surface area contributed by atoms with Gasteiger partial charge in [-0.15, -0.1) is 0 Å². The second kappa shape index (κ2) is 6.75. The highest BCUT2D eigenvalue weighted by Crippen LogP contribution is 2.32. The normalized spacial score (nSPS) is 17.2. The maximum absolute atomic E-state index is 11.1. The van der Waals surface area contributed by atoms with Gasteiger partial charge in [0.15, 0.2) is 0 Å². The molecule has 5 nitrogen and oxygen atoms in total. The van der Waals surface area contributed by atoms with Crippen molar-refractivity contribution in [3.63, 3.8) is 0 Å². The highest BCUT2D eigenvalue weighted by molar-refractivity contribution is 9.10. The minimum absolute atomic E-state index is 0.167. The van der Waals surface area contributed by atoms with E-state index in [0.29, 0.717) is 17.6 Å². The molecule has 0 amide bonds. The lowest BCUT2D eigenvalue weighted by Gasteiger charge is -2.35. The van der Waals surface area contributed by atoms with Crippen molar-refractivity contribution < 1.29 is 4.92 Å². The highest BCUT2D eigenvalue weighted by Gasteiger charge is 2.22. The fourth-order valence-electron chi connectivity index (χ4n) is 2.75. The summed E-state index contributed by atoms with van der Waals surface area (Å²) in [6, 6.07) is 4.40. The summed E-state index contributed by atoms with van der Waals surface area (Å²) in [5, 5.41) is 14.5. The van der Waals surface area contributed by atoms with Crippen LogP contribution in [0.5, 0.6) is 0 Å². The Bertz CT molecular complexity index is 526. The predicted molar refractivity (Wildman–Crippen MR) is 88.9 cm³/mol. The fraction of sp³-hybridized carbons (Fsp3) is 0.600. The van der Waals surface area contributed by atoms with Gasteiger partial charge in [-0.2, -0.15) is 0 Å². The van der Waals surface area contributed by atoms with Gasteiger partial charge >= 0.3 is 0 Å². The highest BCUT2D eigenvalue weighted by atomic mass is 79.9. The fourth-order valence-corrected chi connectivity index (χ4v) is 3.32. The largest absolute Gasteiger partial charge is 0.381 e. The van der Waals surface area contributed by atoms with Gasteiger partial charge in [0.2, 0.25) is 0 Å². The van der Waals surface area contributed by atoms with Gasteiger partial charge in [-0.05, 0) is 55.6 Å². The summed E-state index contributed by atoms with van der Waals surface area (Å²) in [7, 11) is 0.